The van der Waals surface area contributed by atoms with Gasteiger partial charge in [0.2, 0.25) is 0 Å². The first-order valence-corrected chi connectivity index (χ1v) is 10.2. The third kappa shape index (κ3) is 4.30. The fourth-order valence-electron chi connectivity index (χ4n) is 3.27. The summed E-state index contributed by atoms with van der Waals surface area (Å²) in [6.07, 6.45) is 3.39. The molecule has 2 aromatic rings. The third-order valence-corrected chi connectivity index (χ3v) is 5.98. The van der Waals surface area contributed by atoms with Crippen LogP contribution in [-0.2, 0) is 0 Å². The average Bonchev–Trinajstić information content (AvgIpc) is 2.87. The number of aryl methyl sites for hydroxylation is 1. The van der Waals surface area contributed by atoms with Gasteiger partial charge in [-0.15, -0.1) is 11.3 Å². The first kappa shape index (κ1) is 19.0. The topological polar surface area (TPSA) is 36.4 Å². The Morgan fingerprint density at radius 2 is 2.04 bits per heavy atom. The zero-order valence-electron chi connectivity index (χ0n) is 15.5. The van der Waals surface area contributed by atoms with Crippen molar-refractivity contribution in [1.82, 2.24) is 14.8 Å². The molecular weight excluding hydrogens is 349 g/mol. The van der Waals surface area contributed by atoms with Gasteiger partial charge in [0, 0.05) is 25.2 Å². The fraction of sp³-hybridized carbons (Fsp3) is 0.500. The van der Waals surface area contributed by atoms with Crippen molar-refractivity contribution in [2.45, 2.75) is 33.1 Å². The molecule has 1 aromatic carbocycles. The van der Waals surface area contributed by atoms with Gasteiger partial charge in [-0.3, -0.25) is 4.79 Å². The van der Waals surface area contributed by atoms with E-state index in [1.54, 1.807) is 18.2 Å². The molecule has 1 aliphatic heterocycles. The van der Waals surface area contributed by atoms with Crippen molar-refractivity contribution in [3.63, 3.8) is 0 Å². The minimum atomic E-state index is -0.304. The molecule has 1 fully saturated rings. The Hall–Kier alpha value is -1.79. The molecule has 1 aliphatic rings. The fourth-order valence-corrected chi connectivity index (χ4v) is 4.33. The summed E-state index contributed by atoms with van der Waals surface area (Å²) in [7, 11) is 0. The van der Waals surface area contributed by atoms with Crippen LogP contribution in [0.25, 0.3) is 10.6 Å². The number of thiazole rings is 1. The molecule has 1 amide bonds. The maximum atomic E-state index is 14.0. The SMILES string of the molecule is CCCCN1CCCN(C(=O)c2sc(-c3ccccc3F)nc2C)CC1. The Morgan fingerprint density at radius 1 is 1.23 bits per heavy atom. The lowest BCUT2D eigenvalue weighted by Crippen LogP contribution is -2.35. The predicted octanol–water partition coefficient (Wildman–Crippen LogP) is 4.21. The van der Waals surface area contributed by atoms with Gasteiger partial charge in [0.1, 0.15) is 15.7 Å². The van der Waals surface area contributed by atoms with E-state index in [-0.39, 0.29) is 11.7 Å². The number of carbonyl (C=O) groups is 1. The Morgan fingerprint density at radius 3 is 2.81 bits per heavy atom. The van der Waals surface area contributed by atoms with Crippen molar-refractivity contribution in [2.24, 2.45) is 0 Å². The summed E-state index contributed by atoms with van der Waals surface area (Å²) >= 11 is 1.29. The molecule has 0 bridgehead atoms. The molecule has 0 atom stereocenters. The third-order valence-electron chi connectivity index (χ3n) is 4.80. The molecule has 140 valence electrons. The zero-order valence-corrected chi connectivity index (χ0v) is 16.3. The molecule has 1 saturated heterocycles. The number of hydrogen-bond donors (Lipinski definition) is 0. The molecule has 26 heavy (non-hydrogen) atoms. The molecule has 0 unspecified atom stereocenters. The molecule has 0 radical (unpaired) electrons. The van der Waals surface area contributed by atoms with Crippen molar-refractivity contribution >= 4 is 17.2 Å². The van der Waals surface area contributed by atoms with E-state index in [4.69, 9.17) is 0 Å². The van der Waals surface area contributed by atoms with Crippen molar-refractivity contribution < 1.29 is 9.18 Å². The predicted molar refractivity (Wildman–Crippen MR) is 104 cm³/mol. The number of nitrogens with zero attached hydrogens (tertiary/aromatic N) is 3. The van der Waals surface area contributed by atoms with Crippen LogP contribution in [-0.4, -0.2) is 53.4 Å². The zero-order chi connectivity index (χ0) is 18.5. The lowest BCUT2D eigenvalue weighted by Gasteiger charge is -2.21. The largest absolute Gasteiger partial charge is 0.337 e. The number of unbranched alkanes of at least 4 members (excludes halogenated alkanes) is 1. The molecular formula is C20H26FN3OS. The van der Waals surface area contributed by atoms with Crippen LogP contribution in [0.2, 0.25) is 0 Å². The monoisotopic (exact) mass is 375 g/mol. The summed E-state index contributed by atoms with van der Waals surface area (Å²) in [5.74, 6) is -0.276. The normalized spacial score (nSPS) is 15.9. The van der Waals surface area contributed by atoms with Crippen LogP contribution in [0, 0.1) is 12.7 Å². The molecule has 0 aliphatic carbocycles. The van der Waals surface area contributed by atoms with Gasteiger partial charge < -0.3 is 9.80 Å². The van der Waals surface area contributed by atoms with E-state index in [0.717, 1.165) is 39.1 Å². The van der Waals surface area contributed by atoms with Crippen molar-refractivity contribution in [1.29, 1.82) is 0 Å². The number of halogens is 1. The highest BCUT2D eigenvalue weighted by Gasteiger charge is 2.24. The highest BCUT2D eigenvalue weighted by Crippen LogP contribution is 2.30. The number of amides is 1. The van der Waals surface area contributed by atoms with Gasteiger partial charge in [-0.25, -0.2) is 9.37 Å². The lowest BCUT2D eigenvalue weighted by atomic mass is 10.2. The standard InChI is InChI=1S/C20H26FN3OS/c1-3-4-10-23-11-7-12-24(14-13-23)20(25)18-15(2)22-19(26-18)16-8-5-6-9-17(16)21/h5-6,8-9H,3-4,7,10-14H2,1-2H3. The van der Waals surface area contributed by atoms with Crippen LogP contribution in [0.4, 0.5) is 4.39 Å². The summed E-state index contributed by atoms with van der Waals surface area (Å²) in [5, 5.41) is 0.573. The van der Waals surface area contributed by atoms with E-state index < -0.39 is 0 Å². The highest BCUT2D eigenvalue weighted by molar-refractivity contribution is 7.17. The van der Waals surface area contributed by atoms with Crippen LogP contribution in [0.3, 0.4) is 0 Å². The first-order valence-electron chi connectivity index (χ1n) is 9.34. The second kappa shape index (κ2) is 8.73. The highest BCUT2D eigenvalue weighted by atomic mass is 32.1. The molecule has 0 spiro atoms. The summed E-state index contributed by atoms with van der Waals surface area (Å²) in [5.41, 5.74) is 1.14. The Kier molecular flexibility index (Phi) is 6.38. The van der Waals surface area contributed by atoms with E-state index in [9.17, 15) is 9.18 Å². The molecule has 2 heterocycles. The molecule has 0 saturated carbocycles. The van der Waals surface area contributed by atoms with Crippen molar-refractivity contribution in [3.05, 3.63) is 40.7 Å². The van der Waals surface area contributed by atoms with E-state index >= 15 is 0 Å². The molecule has 0 N–H and O–H groups in total. The summed E-state index contributed by atoms with van der Waals surface area (Å²) < 4.78 is 14.0. The van der Waals surface area contributed by atoms with Gasteiger partial charge in [0.05, 0.1) is 5.69 Å². The molecule has 3 rings (SSSR count). The van der Waals surface area contributed by atoms with Crippen LogP contribution in [0.1, 0.15) is 41.6 Å². The van der Waals surface area contributed by atoms with Gasteiger partial charge in [0.15, 0.2) is 0 Å². The van der Waals surface area contributed by atoms with Gasteiger partial charge in [0.25, 0.3) is 5.91 Å². The number of rotatable bonds is 5. The van der Waals surface area contributed by atoms with Crippen LogP contribution < -0.4 is 0 Å². The number of carbonyl (C=O) groups excluding carboxylic acids is 1. The summed E-state index contributed by atoms with van der Waals surface area (Å²) in [6.45, 7) is 8.63. The minimum absolute atomic E-state index is 0.0277. The summed E-state index contributed by atoms with van der Waals surface area (Å²) in [6, 6.07) is 6.58. The second-order valence-corrected chi connectivity index (χ2v) is 7.75. The van der Waals surface area contributed by atoms with Crippen LogP contribution in [0.5, 0.6) is 0 Å². The van der Waals surface area contributed by atoms with E-state index in [1.165, 1.54) is 30.2 Å². The Labute approximate surface area is 158 Å². The van der Waals surface area contributed by atoms with E-state index in [0.29, 0.717) is 21.1 Å². The van der Waals surface area contributed by atoms with Gasteiger partial charge in [-0.05, 0) is 45.0 Å². The Bertz CT molecular complexity index is 761. The number of hydrogen-bond acceptors (Lipinski definition) is 4. The lowest BCUT2D eigenvalue weighted by molar-refractivity contribution is 0.0765. The van der Waals surface area contributed by atoms with Gasteiger partial charge in [-0.2, -0.15) is 0 Å². The Balaban J connectivity index is 1.73. The number of benzene rings is 1. The molecule has 6 heteroatoms. The molecule has 1 aromatic heterocycles. The van der Waals surface area contributed by atoms with Gasteiger partial charge >= 0.3 is 0 Å². The van der Waals surface area contributed by atoms with Crippen LogP contribution in [0.15, 0.2) is 24.3 Å². The quantitative estimate of drug-likeness (QED) is 0.786. The second-order valence-electron chi connectivity index (χ2n) is 6.75. The minimum Gasteiger partial charge on any atom is -0.337 e. The summed E-state index contributed by atoms with van der Waals surface area (Å²) in [4.78, 5) is 22.5. The molecule has 4 nitrogen and oxygen atoms in total. The first-order chi connectivity index (χ1) is 12.6. The average molecular weight is 376 g/mol. The smallest absolute Gasteiger partial charge is 0.265 e. The van der Waals surface area contributed by atoms with E-state index in [2.05, 4.69) is 16.8 Å². The maximum Gasteiger partial charge on any atom is 0.265 e. The van der Waals surface area contributed by atoms with Crippen molar-refractivity contribution in [3.8, 4) is 10.6 Å². The number of aromatic nitrogens is 1. The van der Waals surface area contributed by atoms with Crippen LogP contribution >= 0.6 is 11.3 Å². The van der Waals surface area contributed by atoms with Gasteiger partial charge in [-0.1, -0.05) is 25.5 Å². The maximum absolute atomic E-state index is 14.0. The van der Waals surface area contributed by atoms with E-state index in [1.807, 2.05) is 11.8 Å². The van der Waals surface area contributed by atoms with Crippen molar-refractivity contribution in [2.75, 3.05) is 32.7 Å².